The molecule has 0 spiro atoms. The number of carbonyl (C=O) groups excluding carboxylic acids is 1. The number of carboxylic acids is 1. The van der Waals surface area contributed by atoms with Crippen LogP contribution in [0.4, 0.5) is 0 Å². The molecule has 1 aromatic heterocycles. The van der Waals surface area contributed by atoms with Gasteiger partial charge < -0.3 is 14.4 Å². The van der Waals surface area contributed by atoms with E-state index in [-0.39, 0.29) is 12.4 Å². The average molecular weight is 365 g/mol. The molecular weight excluding hydrogens is 342 g/mol. The van der Waals surface area contributed by atoms with Crippen molar-refractivity contribution in [1.82, 2.24) is 4.57 Å². The topological polar surface area (TPSA) is 68.5 Å². The van der Waals surface area contributed by atoms with Crippen molar-refractivity contribution in [3.05, 3.63) is 59.2 Å². The van der Waals surface area contributed by atoms with Crippen molar-refractivity contribution in [3.63, 3.8) is 0 Å². The van der Waals surface area contributed by atoms with Gasteiger partial charge in [0.1, 0.15) is 0 Å². The maximum absolute atomic E-state index is 12.0. The molecule has 0 fully saturated rings. The Labute approximate surface area is 158 Å². The zero-order valence-electron chi connectivity index (χ0n) is 15.8. The van der Waals surface area contributed by atoms with Gasteiger partial charge in [0.2, 0.25) is 0 Å². The minimum atomic E-state index is -0.841. The molecule has 1 N–H and O–H groups in total. The largest absolute Gasteiger partial charge is 0.481 e. The molecule has 0 aliphatic heterocycles. The lowest BCUT2D eigenvalue weighted by molar-refractivity contribution is -0.137. The van der Waals surface area contributed by atoms with E-state index in [1.54, 1.807) is 19.1 Å². The minimum Gasteiger partial charge on any atom is -0.481 e. The Morgan fingerprint density at radius 1 is 1.04 bits per heavy atom. The molecule has 2 aromatic carbocycles. The highest BCUT2D eigenvalue weighted by Crippen LogP contribution is 2.31. The Hall–Kier alpha value is -3.08. The van der Waals surface area contributed by atoms with Gasteiger partial charge in [0, 0.05) is 23.1 Å². The standard InChI is InChI=1S/C22H23NO4/c1-4-27-22(26)16-5-6-19-18(12-16)13-20(23(19)8-7-21(24)25)17-10-14(2)9-15(3)11-17/h5-6,9-13H,4,7-8H2,1-3H3,(H,24,25). The molecule has 0 aliphatic rings. The second-order valence-electron chi connectivity index (χ2n) is 6.70. The lowest BCUT2D eigenvalue weighted by Crippen LogP contribution is -2.06. The van der Waals surface area contributed by atoms with Crippen molar-refractivity contribution in [2.24, 2.45) is 0 Å². The maximum atomic E-state index is 12.0. The van der Waals surface area contributed by atoms with Crippen LogP contribution >= 0.6 is 0 Å². The average Bonchev–Trinajstić information content (AvgIpc) is 2.97. The van der Waals surface area contributed by atoms with E-state index in [1.807, 2.05) is 30.5 Å². The quantitative estimate of drug-likeness (QED) is 0.650. The molecule has 0 unspecified atom stereocenters. The normalized spacial score (nSPS) is 10.9. The van der Waals surface area contributed by atoms with E-state index in [0.29, 0.717) is 18.7 Å². The molecule has 3 rings (SSSR count). The number of carboxylic acid groups (broad SMARTS) is 1. The third kappa shape index (κ3) is 4.03. The van der Waals surface area contributed by atoms with Crippen molar-refractivity contribution >= 4 is 22.8 Å². The molecule has 3 aromatic rings. The van der Waals surface area contributed by atoms with Crippen molar-refractivity contribution in [2.45, 2.75) is 33.7 Å². The molecule has 1 heterocycles. The van der Waals surface area contributed by atoms with Crippen molar-refractivity contribution in [1.29, 1.82) is 0 Å². The molecule has 0 radical (unpaired) electrons. The molecular formula is C22H23NO4. The zero-order chi connectivity index (χ0) is 19.6. The molecule has 5 nitrogen and oxygen atoms in total. The van der Waals surface area contributed by atoms with Crippen LogP contribution in [0.2, 0.25) is 0 Å². The van der Waals surface area contributed by atoms with Gasteiger partial charge in [-0.1, -0.05) is 17.2 Å². The van der Waals surface area contributed by atoms with E-state index in [2.05, 4.69) is 18.2 Å². The fourth-order valence-electron chi connectivity index (χ4n) is 3.42. The van der Waals surface area contributed by atoms with Gasteiger partial charge in [-0.3, -0.25) is 4.79 Å². The second-order valence-corrected chi connectivity index (χ2v) is 6.70. The molecule has 0 saturated carbocycles. The van der Waals surface area contributed by atoms with Crippen LogP contribution in [0.5, 0.6) is 0 Å². The monoisotopic (exact) mass is 365 g/mol. The van der Waals surface area contributed by atoms with Gasteiger partial charge in [0.05, 0.1) is 18.6 Å². The highest BCUT2D eigenvalue weighted by Gasteiger charge is 2.15. The number of aryl methyl sites for hydroxylation is 3. The van der Waals surface area contributed by atoms with Crippen molar-refractivity contribution < 1.29 is 19.4 Å². The SMILES string of the molecule is CCOC(=O)c1ccc2c(c1)cc(-c1cc(C)cc(C)c1)n2CCC(=O)O. The number of aliphatic carboxylic acids is 1. The van der Waals surface area contributed by atoms with Crippen LogP contribution in [0.3, 0.4) is 0 Å². The van der Waals surface area contributed by atoms with Gasteiger partial charge in [-0.05, 0) is 62.7 Å². The van der Waals surface area contributed by atoms with Crippen molar-refractivity contribution in [3.8, 4) is 11.3 Å². The predicted molar refractivity (Wildman–Crippen MR) is 105 cm³/mol. The summed E-state index contributed by atoms with van der Waals surface area (Å²) in [6, 6.07) is 13.7. The van der Waals surface area contributed by atoms with Crippen LogP contribution in [-0.2, 0) is 16.1 Å². The fourth-order valence-corrected chi connectivity index (χ4v) is 3.42. The molecule has 0 amide bonds. The number of aromatic nitrogens is 1. The maximum Gasteiger partial charge on any atom is 0.338 e. The van der Waals surface area contributed by atoms with Crippen LogP contribution in [0, 0.1) is 13.8 Å². The molecule has 0 aliphatic carbocycles. The zero-order valence-corrected chi connectivity index (χ0v) is 15.8. The Morgan fingerprint density at radius 3 is 2.37 bits per heavy atom. The molecule has 0 bridgehead atoms. The van der Waals surface area contributed by atoms with Gasteiger partial charge >= 0.3 is 11.9 Å². The van der Waals surface area contributed by atoms with Crippen molar-refractivity contribution in [2.75, 3.05) is 6.61 Å². The Bertz CT molecular complexity index is 996. The molecule has 5 heteroatoms. The van der Waals surface area contributed by atoms with Crippen LogP contribution in [-0.4, -0.2) is 28.2 Å². The van der Waals surface area contributed by atoms with Gasteiger partial charge in [-0.25, -0.2) is 4.79 Å². The van der Waals surface area contributed by atoms with E-state index >= 15 is 0 Å². The number of ether oxygens (including phenoxy) is 1. The summed E-state index contributed by atoms with van der Waals surface area (Å²) in [5.74, 6) is -1.20. The number of esters is 1. The number of fused-ring (bicyclic) bond motifs is 1. The van der Waals surface area contributed by atoms with Gasteiger partial charge in [-0.2, -0.15) is 0 Å². The number of benzene rings is 2. The summed E-state index contributed by atoms with van der Waals surface area (Å²) in [5, 5.41) is 10.0. The van der Waals surface area contributed by atoms with Gasteiger partial charge in [0.25, 0.3) is 0 Å². The Morgan fingerprint density at radius 2 is 1.74 bits per heavy atom. The number of nitrogens with zero attached hydrogens (tertiary/aromatic N) is 1. The summed E-state index contributed by atoms with van der Waals surface area (Å²) >= 11 is 0. The van der Waals surface area contributed by atoms with E-state index in [1.165, 1.54) is 0 Å². The van der Waals surface area contributed by atoms with E-state index in [4.69, 9.17) is 9.84 Å². The molecule has 27 heavy (non-hydrogen) atoms. The first-order chi connectivity index (χ1) is 12.9. The van der Waals surface area contributed by atoms with Crippen LogP contribution < -0.4 is 0 Å². The lowest BCUT2D eigenvalue weighted by Gasteiger charge is -2.11. The summed E-state index contributed by atoms with van der Waals surface area (Å²) in [6.45, 7) is 6.54. The molecule has 0 saturated heterocycles. The Kier molecular flexibility index (Phi) is 5.31. The second kappa shape index (κ2) is 7.66. The Balaban J connectivity index is 2.16. The van der Waals surface area contributed by atoms with E-state index in [0.717, 1.165) is 33.3 Å². The summed E-state index contributed by atoms with van der Waals surface area (Å²) in [4.78, 5) is 23.2. The highest BCUT2D eigenvalue weighted by atomic mass is 16.5. The fraction of sp³-hybridized carbons (Fsp3) is 0.273. The summed E-state index contributed by atoms with van der Waals surface area (Å²) in [5.41, 5.74) is 5.66. The number of hydrogen-bond donors (Lipinski definition) is 1. The predicted octanol–water partition coefficient (Wildman–Crippen LogP) is 4.58. The van der Waals surface area contributed by atoms with Crippen LogP contribution in [0.25, 0.3) is 22.2 Å². The first-order valence-corrected chi connectivity index (χ1v) is 9.00. The smallest absolute Gasteiger partial charge is 0.338 e. The van der Waals surface area contributed by atoms with Crippen LogP contribution in [0.1, 0.15) is 34.8 Å². The first kappa shape index (κ1) is 18.7. The molecule has 140 valence electrons. The number of rotatable bonds is 6. The number of hydrogen-bond acceptors (Lipinski definition) is 3. The van der Waals surface area contributed by atoms with E-state index in [9.17, 15) is 9.59 Å². The summed E-state index contributed by atoms with van der Waals surface area (Å²) in [7, 11) is 0. The van der Waals surface area contributed by atoms with E-state index < -0.39 is 5.97 Å². The minimum absolute atomic E-state index is 0.0290. The first-order valence-electron chi connectivity index (χ1n) is 9.00. The van der Waals surface area contributed by atoms with Gasteiger partial charge in [0.15, 0.2) is 0 Å². The third-order valence-electron chi connectivity index (χ3n) is 4.48. The number of carbonyl (C=O) groups is 2. The molecule has 0 atom stereocenters. The van der Waals surface area contributed by atoms with Gasteiger partial charge in [-0.15, -0.1) is 0 Å². The summed E-state index contributed by atoms with van der Waals surface area (Å²) < 4.78 is 7.09. The summed E-state index contributed by atoms with van der Waals surface area (Å²) in [6.07, 6.45) is 0.0290. The highest BCUT2D eigenvalue weighted by molar-refractivity contribution is 5.96. The van der Waals surface area contributed by atoms with Crippen LogP contribution in [0.15, 0.2) is 42.5 Å². The third-order valence-corrected chi connectivity index (χ3v) is 4.48. The lowest BCUT2D eigenvalue weighted by atomic mass is 10.0.